The number of hydrogen-bond acceptors (Lipinski definition) is 3. The third-order valence-electron chi connectivity index (χ3n) is 3.68. The molecule has 1 rings (SSSR count). The maximum Gasteiger partial charge on any atom is 0.236 e. The predicted molar refractivity (Wildman–Crippen MR) is 85.9 cm³/mol. The lowest BCUT2D eigenvalue weighted by Crippen LogP contribution is -2.53. The molecule has 0 bridgehead atoms. The Morgan fingerprint density at radius 1 is 1.24 bits per heavy atom. The van der Waals surface area contributed by atoms with E-state index in [2.05, 4.69) is 24.5 Å². The minimum Gasteiger partial charge on any atom is -0.394 e. The molecule has 0 heterocycles. The van der Waals surface area contributed by atoms with Crippen LogP contribution in [0.5, 0.6) is 0 Å². The van der Waals surface area contributed by atoms with E-state index in [-0.39, 0.29) is 18.6 Å². The zero-order valence-corrected chi connectivity index (χ0v) is 13.5. The van der Waals surface area contributed by atoms with Crippen molar-refractivity contribution in [2.75, 3.05) is 13.2 Å². The fourth-order valence-electron chi connectivity index (χ4n) is 2.21. The van der Waals surface area contributed by atoms with Crippen LogP contribution in [0.1, 0.15) is 39.7 Å². The first-order valence-corrected chi connectivity index (χ1v) is 7.61. The minimum atomic E-state index is -0.629. The van der Waals surface area contributed by atoms with Crippen molar-refractivity contribution in [2.24, 2.45) is 5.92 Å². The third-order valence-corrected chi connectivity index (χ3v) is 3.68. The van der Waals surface area contributed by atoms with Crippen LogP contribution in [0, 0.1) is 5.92 Å². The molecule has 3 N–H and O–H groups in total. The summed E-state index contributed by atoms with van der Waals surface area (Å²) < 4.78 is 0. The van der Waals surface area contributed by atoms with Crippen molar-refractivity contribution in [3.05, 3.63) is 35.9 Å². The monoisotopic (exact) mass is 292 g/mol. The molecular weight excluding hydrogens is 264 g/mol. The van der Waals surface area contributed by atoms with Gasteiger partial charge in [0, 0.05) is 6.54 Å². The molecule has 0 aromatic heterocycles. The number of hydrogen-bond donors (Lipinski definition) is 3. The largest absolute Gasteiger partial charge is 0.394 e. The lowest BCUT2D eigenvalue weighted by molar-refractivity contribution is -0.123. The summed E-state index contributed by atoms with van der Waals surface area (Å²) in [6.45, 7) is 8.60. The summed E-state index contributed by atoms with van der Waals surface area (Å²) >= 11 is 0. The molecule has 21 heavy (non-hydrogen) atoms. The van der Waals surface area contributed by atoms with E-state index in [1.165, 1.54) is 0 Å². The number of nitrogens with one attached hydrogen (secondary N) is 2. The van der Waals surface area contributed by atoms with Crippen molar-refractivity contribution in [3.63, 3.8) is 0 Å². The molecule has 2 atom stereocenters. The summed E-state index contributed by atoms with van der Waals surface area (Å²) in [4.78, 5) is 12.1. The van der Waals surface area contributed by atoms with Gasteiger partial charge in [0.1, 0.15) is 0 Å². The molecule has 0 aliphatic carbocycles. The highest BCUT2D eigenvalue weighted by Gasteiger charge is 2.29. The predicted octanol–water partition coefficient (Wildman–Crippen LogP) is 2.03. The fourth-order valence-corrected chi connectivity index (χ4v) is 2.21. The van der Waals surface area contributed by atoms with Gasteiger partial charge in [-0.1, -0.05) is 44.2 Å². The summed E-state index contributed by atoms with van der Waals surface area (Å²) in [7, 11) is 0. The smallest absolute Gasteiger partial charge is 0.236 e. The summed E-state index contributed by atoms with van der Waals surface area (Å²) in [5, 5.41) is 15.9. The molecule has 0 saturated heterocycles. The number of amides is 1. The van der Waals surface area contributed by atoms with Crippen molar-refractivity contribution in [2.45, 2.75) is 45.7 Å². The van der Waals surface area contributed by atoms with Crippen LogP contribution in [-0.4, -0.2) is 30.2 Å². The van der Waals surface area contributed by atoms with E-state index in [1.54, 1.807) is 0 Å². The normalized spacial score (nSPS) is 15.5. The number of aliphatic hydroxyl groups excluding tert-OH is 1. The molecule has 2 unspecified atom stereocenters. The molecule has 0 spiro atoms. The van der Waals surface area contributed by atoms with Gasteiger partial charge in [0.2, 0.25) is 5.91 Å². The zero-order valence-electron chi connectivity index (χ0n) is 13.5. The van der Waals surface area contributed by atoms with Crippen LogP contribution in [0.3, 0.4) is 0 Å². The van der Waals surface area contributed by atoms with E-state index in [9.17, 15) is 9.90 Å². The molecule has 0 aliphatic rings. The van der Waals surface area contributed by atoms with Gasteiger partial charge in [-0.3, -0.25) is 10.1 Å². The average Bonchev–Trinajstić information content (AvgIpc) is 2.47. The van der Waals surface area contributed by atoms with E-state index >= 15 is 0 Å². The molecule has 1 amide bonds. The van der Waals surface area contributed by atoms with E-state index < -0.39 is 5.54 Å². The minimum absolute atomic E-state index is 0.0359. The Morgan fingerprint density at radius 3 is 2.38 bits per heavy atom. The molecule has 118 valence electrons. The standard InChI is InChI=1S/C17H28N2O2/c1-13(2)10-11-18-16(21)14(3)19-17(4,12-20)15-8-6-5-7-9-15/h5-9,13-14,19-20H,10-12H2,1-4H3,(H,18,21). The highest BCUT2D eigenvalue weighted by atomic mass is 16.3. The van der Waals surface area contributed by atoms with Gasteiger partial charge < -0.3 is 10.4 Å². The molecule has 4 heteroatoms. The van der Waals surface area contributed by atoms with Gasteiger partial charge in [0.25, 0.3) is 0 Å². The van der Waals surface area contributed by atoms with Gasteiger partial charge in [-0.05, 0) is 31.7 Å². The summed E-state index contributed by atoms with van der Waals surface area (Å²) in [6.07, 6.45) is 0.967. The molecule has 1 aromatic rings. The number of aliphatic hydroxyl groups is 1. The Bertz CT molecular complexity index is 434. The first-order chi connectivity index (χ1) is 9.89. The van der Waals surface area contributed by atoms with Gasteiger partial charge >= 0.3 is 0 Å². The highest BCUT2D eigenvalue weighted by Crippen LogP contribution is 2.20. The van der Waals surface area contributed by atoms with Crippen LogP contribution in [-0.2, 0) is 10.3 Å². The van der Waals surface area contributed by atoms with Crippen LogP contribution in [0.15, 0.2) is 30.3 Å². The number of rotatable bonds is 8. The van der Waals surface area contributed by atoms with E-state index in [4.69, 9.17) is 0 Å². The maximum atomic E-state index is 12.1. The van der Waals surface area contributed by atoms with Gasteiger partial charge in [-0.15, -0.1) is 0 Å². The topological polar surface area (TPSA) is 61.4 Å². The second kappa shape index (κ2) is 8.15. The number of benzene rings is 1. The Morgan fingerprint density at radius 2 is 1.86 bits per heavy atom. The van der Waals surface area contributed by atoms with Crippen LogP contribution < -0.4 is 10.6 Å². The number of carbonyl (C=O) groups is 1. The van der Waals surface area contributed by atoms with E-state index in [1.807, 2.05) is 44.2 Å². The van der Waals surface area contributed by atoms with Crippen molar-refractivity contribution < 1.29 is 9.90 Å². The second-order valence-electron chi connectivity index (χ2n) is 6.20. The Hall–Kier alpha value is -1.39. The quantitative estimate of drug-likeness (QED) is 0.687. The summed E-state index contributed by atoms with van der Waals surface area (Å²) in [5.41, 5.74) is 0.338. The Balaban J connectivity index is 2.62. The van der Waals surface area contributed by atoms with E-state index in [0.717, 1.165) is 12.0 Å². The lowest BCUT2D eigenvalue weighted by atomic mass is 9.92. The lowest BCUT2D eigenvalue weighted by Gasteiger charge is -2.32. The first-order valence-electron chi connectivity index (χ1n) is 7.61. The average molecular weight is 292 g/mol. The first kappa shape index (κ1) is 17.7. The van der Waals surface area contributed by atoms with Crippen molar-refractivity contribution in [1.82, 2.24) is 10.6 Å². The van der Waals surface area contributed by atoms with Gasteiger partial charge in [-0.25, -0.2) is 0 Å². The molecule has 4 nitrogen and oxygen atoms in total. The summed E-state index contributed by atoms with van der Waals surface area (Å²) in [5.74, 6) is 0.534. The highest BCUT2D eigenvalue weighted by molar-refractivity contribution is 5.81. The molecule has 0 aliphatic heterocycles. The Kier molecular flexibility index (Phi) is 6.85. The van der Waals surface area contributed by atoms with Gasteiger partial charge in [0.05, 0.1) is 18.2 Å². The van der Waals surface area contributed by atoms with Crippen molar-refractivity contribution in [1.29, 1.82) is 0 Å². The SMILES string of the molecule is CC(C)CCNC(=O)C(C)NC(C)(CO)c1ccccc1. The van der Waals surface area contributed by atoms with Crippen LogP contribution in [0.4, 0.5) is 0 Å². The molecule has 0 fully saturated rings. The second-order valence-corrected chi connectivity index (χ2v) is 6.20. The van der Waals surface area contributed by atoms with Crippen LogP contribution >= 0.6 is 0 Å². The summed E-state index contributed by atoms with van der Waals surface area (Å²) in [6, 6.07) is 9.33. The molecule has 1 aromatic carbocycles. The number of carbonyl (C=O) groups excluding carboxylic acids is 1. The van der Waals surface area contributed by atoms with Gasteiger partial charge in [-0.2, -0.15) is 0 Å². The maximum absolute atomic E-state index is 12.1. The molecule has 0 radical (unpaired) electrons. The zero-order chi connectivity index (χ0) is 15.9. The van der Waals surface area contributed by atoms with E-state index in [0.29, 0.717) is 12.5 Å². The molecule has 0 saturated carbocycles. The third kappa shape index (κ3) is 5.48. The van der Waals surface area contributed by atoms with Crippen molar-refractivity contribution in [3.8, 4) is 0 Å². The van der Waals surface area contributed by atoms with Crippen molar-refractivity contribution >= 4 is 5.91 Å². The molecular formula is C17H28N2O2. The van der Waals surface area contributed by atoms with Crippen LogP contribution in [0.25, 0.3) is 0 Å². The Labute approximate surface area is 128 Å². The van der Waals surface area contributed by atoms with Crippen LogP contribution in [0.2, 0.25) is 0 Å². The fraction of sp³-hybridized carbons (Fsp3) is 0.588. The van der Waals surface area contributed by atoms with Gasteiger partial charge in [0.15, 0.2) is 0 Å².